The molecule has 1 atom stereocenters. The topological polar surface area (TPSA) is 40.5 Å². The van der Waals surface area contributed by atoms with Gasteiger partial charge in [-0.25, -0.2) is 0 Å². The lowest BCUT2D eigenvalue weighted by molar-refractivity contribution is -0.129. The smallest absolute Gasteiger partial charge is 0.226 e. The van der Waals surface area contributed by atoms with Gasteiger partial charge in [-0.1, -0.05) is 23.7 Å². The molecule has 0 saturated carbocycles. The number of nitrogens with zero attached hydrogens (tertiary/aromatic N) is 1. The molecule has 18 heavy (non-hydrogen) atoms. The van der Waals surface area contributed by atoms with Crippen LogP contribution in [0.5, 0.6) is 0 Å². The average Bonchev–Trinajstić information content (AvgIpc) is 2.81. The molecule has 0 aromatic heterocycles. The van der Waals surface area contributed by atoms with Gasteiger partial charge in [-0.2, -0.15) is 0 Å². The van der Waals surface area contributed by atoms with Crippen molar-refractivity contribution in [2.45, 2.75) is 19.3 Å². The fourth-order valence-electron chi connectivity index (χ4n) is 2.37. The fraction of sp³-hybridized carbons (Fsp3) is 0.500. The lowest BCUT2D eigenvalue weighted by Gasteiger charge is -2.16. The van der Waals surface area contributed by atoms with Gasteiger partial charge in [0.15, 0.2) is 0 Å². The summed E-state index contributed by atoms with van der Waals surface area (Å²) in [6.45, 7) is 1.81. The molecule has 1 aliphatic heterocycles. The first-order chi connectivity index (χ1) is 8.69. The molecule has 0 radical (unpaired) electrons. The normalized spacial score (nSPS) is 19.2. The van der Waals surface area contributed by atoms with Gasteiger partial charge in [0, 0.05) is 24.7 Å². The molecule has 1 N–H and O–H groups in total. The second-order valence-electron chi connectivity index (χ2n) is 4.81. The van der Waals surface area contributed by atoms with E-state index in [1.807, 2.05) is 29.2 Å². The predicted molar refractivity (Wildman–Crippen MR) is 71.5 cm³/mol. The molecule has 1 aromatic rings. The first kappa shape index (κ1) is 13.4. The quantitative estimate of drug-likeness (QED) is 0.908. The molecule has 1 aliphatic rings. The number of benzene rings is 1. The summed E-state index contributed by atoms with van der Waals surface area (Å²) in [7, 11) is 0. The molecule has 3 nitrogen and oxygen atoms in total. The number of aliphatic hydroxyl groups excluding tert-OH is 1. The summed E-state index contributed by atoms with van der Waals surface area (Å²) in [5.74, 6) is 0.627. The lowest BCUT2D eigenvalue weighted by Crippen LogP contribution is -2.30. The summed E-state index contributed by atoms with van der Waals surface area (Å²) in [5.41, 5.74) is 0.995. The Morgan fingerprint density at radius 1 is 1.39 bits per heavy atom. The van der Waals surface area contributed by atoms with E-state index in [0.717, 1.165) is 31.5 Å². The minimum Gasteiger partial charge on any atom is -0.396 e. The van der Waals surface area contributed by atoms with E-state index in [-0.39, 0.29) is 12.5 Å². The maximum Gasteiger partial charge on any atom is 0.226 e. The molecular formula is C14H18ClNO2. The van der Waals surface area contributed by atoms with Crippen molar-refractivity contribution in [1.29, 1.82) is 0 Å². The molecule has 0 aliphatic carbocycles. The van der Waals surface area contributed by atoms with E-state index in [4.69, 9.17) is 16.7 Å². The van der Waals surface area contributed by atoms with Crippen molar-refractivity contribution in [2.24, 2.45) is 5.92 Å². The van der Waals surface area contributed by atoms with Crippen LogP contribution in [0.3, 0.4) is 0 Å². The monoisotopic (exact) mass is 267 g/mol. The van der Waals surface area contributed by atoms with Crippen LogP contribution in [0.1, 0.15) is 18.4 Å². The van der Waals surface area contributed by atoms with Gasteiger partial charge in [0.25, 0.3) is 0 Å². The maximum absolute atomic E-state index is 12.1. The minimum absolute atomic E-state index is 0.165. The number of carbonyl (C=O) groups excluding carboxylic acids is 1. The minimum atomic E-state index is 0.165. The van der Waals surface area contributed by atoms with Crippen LogP contribution in [0.2, 0.25) is 5.02 Å². The van der Waals surface area contributed by atoms with Crippen LogP contribution in [-0.2, 0) is 11.2 Å². The van der Waals surface area contributed by atoms with Crippen LogP contribution in [-0.4, -0.2) is 35.6 Å². The number of amides is 1. The van der Waals surface area contributed by atoms with E-state index in [1.165, 1.54) is 0 Å². The van der Waals surface area contributed by atoms with E-state index in [9.17, 15) is 4.79 Å². The molecular weight excluding hydrogens is 250 g/mol. The standard InChI is InChI=1S/C14H18ClNO2/c15-13-3-1-11(2-4-13)9-14(18)16-7-5-12(10-16)6-8-17/h1-4,12,17H,5-10H2. The summed E-state index contributed by atoms with van der Waals surface area (Å²) >= 11 is 5.81. The molecule has 0 bridgehead atoms. The molecule has 0 spiro atoms. The third kappa shape index (κ3) is 3.47. The van der Waals surface area contributed by atoms with Gasteiger partial charge >= 0.3 is 0 Å². The van der Waals surface area contributed by atoms with Crippen LogP contribution < -0.4 is 0 Å². The first-order valence-electron chi connectivity index (χ1n) is 6.32. The largest absolute Gasteiger partial charge is 0.396 e. The van der Waals surface area contributed by atoms with Gasteiger partial charge in [-0.05, 0) is 36.5 Å². The van der Waals surface area contributed by atoms with Crippen LogP contribution in [0, 0.1) is 5.92 Å². The Bertz CT molecular complexity index is 405. The first-order valence-corrected chi connectivity index (χ1v) is 6.70. The second kappa shape index (κ2) is 6.21. The zero-order chi connectivity index (χ0) is 13.0. The molecule has 2 rings (SSSR count). The zero-order valence-corrected chi connectivity index (χ0v) is 11.1. The molecule has 1 saturated heterocycles. The highest BCUT2D eigenvalue weighted by molar-refractivity contribution is 6.30. The zero-order valence-electron chi connectivity index (χ0n) is 10.3. The van der Waals surface area contributed by atoms with Gasteiger partial charge in [-0.3, -0.25) is 4.79 Å². The molecule has 98 valence electrons. The van der Waals surface area contributed by atoms with Crippen molar-refractivity contribution in [3.63, 3.8) is 0 Å². The SMILES string of the molecule is O=C(Cc1ccc(Cl)cc1)N1CCC(CCO)C1. The molecule has 1 aromatic carbocycles. The summed E-state index contributed by atoms with van der Waals surface area (Å²) in [5, 5.41) is 9.59. The van der Waals surface area contributed by atoms with Crippen molar-refractivity contribution < 1.29 is 9.90 Å². The lowest BCUT2D eigenvalue weighted by atomic mass is 10.1. The second-order valence-corrected chi connectivity index (χ2v) is 5.25. The Kier molecular flexibility index (Phi) is 4.61. The molecule has 1 fully saturated rings. The van der Waals surface area contributed by atoms with Crippen LogP contribution in [0.15, 0.2) is 24.3 Å². The van der Waals surface area contributed by atoms with Crippen molar-refractivity contribution in [1.82, 2.24) is 4.90 Å². The number of hydrogen-bond donors (Lipinski definition) is 1. The van der Waals surface area contributed by atoms with Crippen LogP contribution in [0.4, 0.5) is 0 Å². The number of halogens is 1. The van der Waals surface area contributed by atoms with Crippen molar-refractivity contribution in [3.05, 3.63) is 34.9 Å². The summed E-state index contributed by atoms with van der Waals surface area (Å²) in [4.78, 5) is 14.0. The number of aliphatic hydroxyl groups is 1. The Labute approximate surface area is 112 Å². The van der Waals surface area contributed by atoms with E-state index in [2.05, 4.69) is 0 Å². The summed E-state index contributed by atoms with van der Waals surface area (Å²) < 4.78 is 0. The Morgan fingerprint density at radius 2 is 2.11 bits per heavy atom. The van der Waals surface area contributed by atoms with Gasteiger partial charge in [-0.15, -0.1) is 0 Å². The van der Waals surface area contributed by atoms with Crippen LogP contribution >= 0.6 is 11.6 Å². The third-order valence-electron chi connectivity index (χ3n) is 3.44. The number of likely N-dealkylation sites (tertiary alicyclic amines) is 1. The Morgan fingerprint density at radius 3 is 2.78 bits per heavy atom. The highest BCUT2D eigenvalue weighted by atomic mass is 35.5. The fourth-order valence-corrected chi connectivity index (χ4v) is 2.49. The van der Waals surface area contributed by atoms with Crippen molar-refractivity contribution >= 4 is 17.5 Å². The van der Waals surface area contributed by atoms with Crippen molar-refractivity contribution in [3.8, 4) is 0 Å². The average molecular weight is 268 g/mol. The highest BCUT2D eigenvalue weighted by Crippen LogP contribution is 2.20. The molecule has 1 amide bonds. The maximum atomic E-state index is 12.1. The number of carbonyl (C=O) groups is 1. The Hall–Kier alpha value is -1.06. The van der Waals surface area contributed by atoms with E-state index >= 15 is 0 Å². The third-order valence-corrected chi connectivity index (χ3v) is 3.70. The Balaban J connectivity index is 1.87. The highest BCUT2D eigenvalue weighted by Gasteiger charge is 2.25. The number of rotatable bonds is 4. The molecule has 1 heterocycles. The summed E-state index contributed by atoms with van der Waals surface area (Å²) in [6, 6.07) is 7.40. The molecule has 1 unspecified atom stereocenters. The van der Waals surface area contributed by atoms with Gasteiger partial charge in [0.2, 0.25) is 5.91 Å². The van der Waals surface area contributed by atoms with Gasteiger partial charge in [0.05, 0.1) is 6.42 Å². The van der Waals surface area contributed by atoms with E-state index in [0.29, 0.717) is 17.4 Å². The van der Waals surface area contributed by atoms with E-state index < -0.39 is 0 Å². The predicted octanol–water partition coefficient (Wildman–Crippen LogP) is 2.11. The van der Waals surface area contributed by atoms with Crippen molar-refractivity contribution in [2.75, 3.05) is 19.7 Å². The van der Waals surface area contributed by atoms with Gasteiger partial charge in [0.1, 0.15) is 0 Å². The summed E-state index contributed by atoms with van der Waals surface area (Å²) in [6.07, 6.45) is 2.24. The van der Waals surface area contributed by atoms with Gasteiger partial charge < -0.3 is 10.0 Å². The molecule has 4 heteroatoms. The number of hydrogen-bond acceptors (Lipinski definition) is 2. The van der Waals surface area contributed by atoms with Crippen LogP contribution in [0.25, 0.3) is 0 Å². The van der Waals surface area contributed by atoms with E-state index in [1.54, 1.807) is 0 Å².